The molecule has 0 N–H and O–H groups in total. The van der Waals surface area contributed by atoms with Crippen molar-refractivity contribution in [3.05, 3.63) is 265 Å². The summed E-state index contributed by atoms with van der Waals surface area (Å²) in [5, 5.41) is 2.40. The Labute approximate surface area is 356 Å². The van der Waals surface area contributed by atoms with Gasteiger partial charge in [-0.25, -0.2) is 0 Å². The number of rotatable bonds is 7. The first-order valence-corrected chi connectivity index (χ1v) is 21.1. The molecule has 0 atom stereocenters. The molecular formula is C59H40N2. The van der Waals surface area contributed by atoms with Crippen molar-refractivity contribution in [3.63, 3.8) is 0 Å². The predicted molar refractivity (Wildman–Crippen MR) is 255 cm³/mol. The highest BCUT2D eigenvalue weighted by Gasteiger charge is 2.52. The van der Waals surface area contributed by atoms with Crippen LogP contribution in [0.15, 0.2) is 243 Å². The van der Waals surface area contributed by atoms with E-state index in [0.717, 1.165) is 34.1 Å². The minimum Gasteiger partial charge on any atom is -0.310 e. The molecule has 10 aromatic rings. The van der Waals surface area contributed by atoms with Crippen LogP contribution in [0.1, 0.15) is 22.3 Å². The highest BCUT2D eigenvalue weighted by Crippen LogP contribution is 2.65. The van der Waals surface area contributed by atoms with Gasteiger partial charge in [0.25, 0.3) is 0 Å². The maximum Gasteiger partial charge on any atom is 0.0727 e. The molecule has 0 heterocycles. The Morgan fingerprint density at radius 2 is 0.689 bits per heavy atom. The van der Waals surface area contributed by atoms with Crippen LogP contribution in [0.3, 0.4) is 0 Å². The van der Waals surface area contributed by atoms with E-state index in [1.54, 1.807) is 0 Å². The molecule has 0 saturated heterocycles. The molecule has 0 unspecified atom stereocenters. The second-order valence-corrected chi connectivity index (χ2v) is 16.0. The normalized spacial score (nSPS) is 12.7. The summed E-state index contributed by atoms with van der Waals surface area (Å²) in [6.07, 6.45) is 0. The minimum absolute atomic E-state index is 0.551. The number of nitrogens with zero attached hydrogens (tertiary/aromatic N) is 2. The Hall–Kier alpha value is -7.94. The lowest BCUT2D eigenvalue weighted by Gasteiger charge is -2.35. The van der Waals surface area contributed by atoms with Crippen molar-refractivity contribution in [2.75, 3.05) is 9.80 Å². The number of anilines is 6. The Balaban J connectivity index is 1.23. The van der Waals surface area contributed by atoms with Crippen molar-refractivity contribution in [1.82, 2.24) is 0 Å². The lowest BCUT2D eigenvalue weighted by atomic mass is 9.70. The average Bonchev–Trinajstić information content (AvgIpc) is 3.81. The Kier molecular flexibility index (Phi) is 8.11. The van der Waals surface area contributed by atoms with Gasteiger partial charge in [0.15, 0.2) is 0 Å². The van der Waals surface area contributed by atoms with E-state index >= 15 is 0 Å². The summed E-state index contributed by atoms with van der Waals surface area (Å²) < 4.78 is 0. The van der Waals surface area contributed by atoms with Gasteiger partial charge in [-0.3, -0.25) is 0 Å². The van der Waals surface area contributed by atoms with Crippen molar-refractivity contribution in [2.24, 2.45) is 0 Å². The van der Waals surface area contributed by atoms with Crippen LogP contribution in [0.5, 0.6) is 0 Å². The van der Waals surface area contributed by atoms with Gasteiger partial charge in [-0.1, -0.05) is 188 Å². The predicted octanol–water partition coefficient (Wildman–Crippen LogP) is 15.8. The lowest BCUT2D eigenvalue weighted by molar-refractivity contribution is 0.793. The molecule has 0 saturated carbocycles. The molecular weight excluding hydrogens is 737 g/mol. The molecule has 61 heavy (non-hydrogen) atoms. The quantitative estimate of drug-likeness (QED) is 0.159. The number of hydrogen-bond donors (Lipinski definition) is 0. The first kappa shape index (κ1) is 35.0. The summed E-state index contributed by atoms with van der Waals surface area (Å²) in [5.41, 5.74) is 18.8. The first-order chi connectivity index (χ1) is 30.3. The molecule has 0 radical (unpaired) electrons. The smallest absolute Gasteiger partial charge is 0.0727 e. The maximum absolute atomic E-state index is 2.51. The van der Waals surface area contributed by atoms with Crippen molar-refractivity contribution in [3.8, 4) is 33.4 Å². The van der Waals surface area contributed by atoms with Gasteiger partial charge in [-0.15, -0.1) is 0 Å². The van der Waals surface area contributed by atoms with E-state index in [9.17, 15) is 0 Å². The van der Waals surface area contributed by atoms with Crippen molar-refractivity contribution in [2.45, 2.75) is 5.41 Å². The van der Waals surface area contributed by atoms with Crippen LogP contribution in [0, 0.1) is 0 Å². The maximum atomic E-state index is 2.51. The first-order valence-electron chi connectivity index (χ1n) is 21.1. The van der Waals surface area contributed by atoms with E-state index in [1.807, 2.05) is 0 Å². The van der Waals surface area contributed by atoms with E-state index < -0.39 is 5.41 Å². The van der Waals surface area contributed by atoms with E-state index in [-0.39, 0.29) is 0 Å². The summed E-state index contributed by atoms with van der Waals surface area (Å²) in [7, 11) is 0. The SMILES string of the molecule is c1ccc(-c2ccc(N(c3ccccc3)c3cc(N(c4ccccc4)c4ccccc4)c4c(c3)C3(c5ccccc5-c5ccccc53)c3ccccc3-4)c3ccccc23)cc1. The summed E-state index contributed by atoms with van der Waals surface area (Å²) >= 11 is 0. The van der Waals surface area contributed by atoms with Gasteiger partial charge < -0.3 is 9.80 Å². The molecule has 0 amide bonds. The number of hydrogen-bond acceptors (Lipinski definition) is 2. The standard InChI is InChI=1S/C59H40N2/c1-5-21-41(22-6-1)46-37-38-56(50-32-14-13-29-47(46)50)61(44-27-11-4-12-28-44)45-39-55-58(57(40-45)60(42-23-7-2-8-24-42)43-25-9-3-10-26-43)51-33-17-20-36-54(51)59(55)52-34-18-15-30-48(52)49-31-16-19-35-53(49)59/h1-40H. The van der Waals surface area contributed by atoms with Crippen LogP contribution in [0.4, 0.5) is 34.1 Å². The van der Waals surface area contributed by atoms with Crippen molar-refractivity contribution in [1.29, 1.82) is 0 Å². The highest BCUT2D eigenvalue weighted by molar-refractivity contribution is 6.08. The molecule has 2 nitrogen and oxygen atoms in total. The van der Waals surface area contributed by atoms with Crippen LogP contribution < -0.4 is 9.80 Å². The van der Waals surface area contributed by atoms with Gasteiger partial charge in [0, 0.05) is 33.7 Å². The summed E-state index contributed by atoms with van der Waals surface area (Å²) in [6.45, 7) is 0. The third kappa shape index (κ3) is 5.29. The summed E-state index contributed by atoms with van der Waals surface area (Å²) in [5.74, 6) is 0. The lowest BCUT2D eigenvalue weighted by Crippen LogP contribution is -2.26. The third-order valence-corrected chi connectivity index (χ3v) is 12.8. The fourth-order valence-corrected chi connectivity index (χ4v) is 10.4. The molecule has 2 heteroatoms. The Bertz CT molecular complexity index is 3160. The molecule has 0 bridgehead atoms. The molecule has 1 spiro atoms. The summed E-state index contributed by atoms with van der Waals surface area (Å²) in [4.78, 5) is 4.95. The van der Waals surface area contributed by atoms with E-state index in [0.29, 0.717) is 0 Å². The van der Waals surface area contributed by atoms with E-state index in [1.165, 1.54) is 66.4 Å². The van der Waals surface area contributed by atoms with Crippen LogP contribution in [-0.2, 0) is 5.41 Å². The zero-order valence-electron chi connectivity index (χ0n) is 33.5. The van der Waals surface area contributed by atoms with E-state index in [2.05, 4.69) is 252 Å². The fraction of sp³-hybridized carbons (Fsp3) is 0.0169. The van der Waals surface area contributed by atoms with Crippen LogP contribution in [0.2, 0.25) is 0 Å². The summed E-state index contributed by atoms with van der Waals surface area (Å²) in [6, 6.07) is 89.1. The largest absolute Gasteiger partial charge is 0.310 e. The number of benzene rings is 10. The van der Waals surface area contributed by atoms with Gasteiger partial charge in [0.1, 0.15) is 0 Å². The topological polar surface area (TPSA) is 6.48 Å². The molecule has 286 valence electrons. The molecule has 12 rings (SSSR count). The monoisotopic (exact) mass is 776 g/mol. The third-order valence-electron chi connectivity index (χ3n) is 12.8. The van der Waals surface area contributed by atoms with Crippen molar-refractivity contribution >= 4 is 44.9 Å². The molecule has 2 aliphatic rings. The molecule has 0 aromatic heterocycles. The highest BCUT2D eigenvalue weighted by atomic mass is 15.2. The minimum atomic E-state index is -0.551. The average molecular weight is 777 g/mol. The number of para-hydroxylation sites is 3. The van der Waals surface area contributed by atoms with Crippen LogP contribution in [0.25, 0.3) is 44.2 Å². The van der Waals surface area contributed by atoms with Crippen molar-refractivity contribution < 1.29 is 0 Å². The number of fused-ring (bicyclic) bond motifs is 11. The van der Waals surface area contributed by atoms with Gasteiger partial charge in [0.2, 0.25) is 0 Å². The molecule has 0 aliphatic heterocycles. The van der Waals surface area contributed by atoms with Gasteiger partial charge in [-0.05, 0) is 110 Å². The second kappa shape index (κ2) is 14.1. The van der Waals surface area contributed by atoms with Gasteiger partial charge >= 0.3 is 0 Å². The van der Waals surface area contributed by atoms with Crippen LogP contribution >= 0.6 is 0 Å². The Morgan fingerprint density at radius 1 is 0.262 bits per heavy atom. The molecule has 10 aromatic carbocycles. The van der Waals surface area contributed by atoms with Gasteiger partial charge in [0.05, 0.1) is 16.8 Å². The zero-order chi connectivity index (χ0) is 40.3. The van der Waals surface area contributed by atoms with Gasteiger partial charge in [-0.2, -0.15) is 0 Å². The fourth-order valence-electron chi connectivity index (χ4n) is 10.4. The zero-order valence-corrected chi connectivity index (χ0v) is 33.5. The van der Waals surface area contributed by atoms with E-state index in [4.69, 9.17) is 0 Å². The molecule has 0 fully saturated rings. The van der Waals surface area contributed by atoms with Crippen LogP contribution in [-0.4, -0.2) is 0 Å². The Morgan fingerprint density at radius 3 is 1.25 bits per heavy atom. The molecule has 2 aliphatic carbocycles. The second-order valence-electron chi connectivity index (χ2n) is 16.0.